The van der Waals surface area contributed by atoms with Crippen LogP contribution in [0.1, 0.15) is 12.5 Å². The van der Waals surface area contributed by atoms with Gasteiger partial charge < -0.3 is 0 Å². The first kappa shape index (κ1) is 10.9. The van der Waals surface area contributed by atoms with E-state index in [0.717, 1.165) is 5.31 Å². The first-order valence-electron chi connectivity index (χ1n) is 4.95. The fraction of sp³-hybridized carbons (Fsp3) is 0.231. The molecule has 1 aliphatic rings. The lowest BCUT2D eigenvalue weighted by Gasteiger charge is -2.11. The maximum absolute atomic E-state index is 6.39. The van der Waals surface area contributed by atoms with Crippen LogP contribution in [0.15, 0.2) is 29.6 Å². The monoisotopic (exact) mass is 236 g/mol. The van der Waals surface area contributed by atoms with Gasteiger partial charge in [-0.15, -0.1) is 20.8 Å². The first-order chi connectivity index (χ1) is 6.96. The standard InChI is InChI=1S/C13H14ClP/c1-9-3-4-10-6-12(15)8-13(2,14)7-11(10)5-9/h3-8H,15H2,1-2H3. The van der Waals surface area contributed by atoms with E-state index in [1.54, 1.807) is 0 Å². The summed E-state index contributed by atoms with van der Waals surface area (Å²) < 4.78 is 0. The highest BCUT2D eigenvalue weighted by Crippen LogP contribution is 2.24. The number of hydrogen-bond acceptors (Lipinski definition) is 0. The van der Waals surface area contributed by atoms with Gasteiger partial charge in [0, 0.05) is 0 Å². The van der Waals surface area contributed by atoms with E-state index in [4.69, 9.17) is 11.6 Å². The highest BCUT2D eigenvalue weighted by Gasteiger charge is 2.15. The Morgan fingerprint density at radius 1 is 1.20 bits per heavy atom. The van der Waals surface area contributed by atoms with Gasteiger partial charge in [-0.1, -0.05) is 35.9 Å². The van der Waals surface area contributed by atoms with Crippen molar-refractivity contribution in [3.05, 3.63) is 45.6 Å². The number of allylic oxidation sites excluding steroid dienone is 2. The maximum atomic E-state index is 6.39. The Morgan fingerprint density at radius 2 is 1.93 bits per heavy atom. The molecular weight excluding hydrogens is 223 g/mol. The molecule has 0 spiro atoms. The average molecular weight is 237 g/mol. The zero-order valence-corrected chi connectivity index (χ0v) is 10.8. The molecule has 0 amide bonds. The zero-order chi connectivity index (χ0) is 11.1. The van der Waals surface area contributed by atoms with Crippen molar-refractivity contribution in [2.75, 3.05) is 0 Å². The summed E-state index contributed by atoms with van der Waals surface area (Å²) in [5.41, 5.74) is 1.26. The number of fused-ring (bicyclic) bond motifs is 1. The van der Waals surface area contributed by atoms with Gasteiger partial charge in [-0.05, 0) is 35.7 Å². The van der Waals surface area contributed by atoms with Crippen molar-refractivity contribution in [2.24, 2.45) is 0 Å². The van der Waals surface area contributed by atoms with E-state index in [9.17, 15) is 0 Å². The Morgan fingerprint density at radius 3 is 2.67 bits per heavy atom. The van der Waals surface area contributed by atoms with Gasteiger partial charge in [-0.3, -0.25) is 0 Å². The van der Waals surface area contributed by atoms with E-state index in [1.807, 2.05) is 6.92 Å². The van der Waals surface area contributed by atoms with Gasteiger partial charge in [-0.2, -0.15) is 0 Å². The minimum absolute atomic E-state index is 0.396. The molecule has 0 nitrogen and oxygen atoms in total. The fourth-order valence-electron chi connectivity index (χ4n) is 1.84. The molecule has 0 N–H and O–H groups in total. The lowest BCUT2D eigenvalue weighted by Crippen LogP contribution is -2.26. The molecule has 0 saturated carbocycles. The molecule has 2 rings (SSSR count). The van der Waals surface area contributed by atoms with Crippen molar-refractivity contribution < 1.29 is 0 Å². The molecule has 2 heteroatoms. The van der Waals surface area contributed by atoms with Crippen molar-refractivity contribution in [3.63, 3.8) is 0 Å². The van der Waals surface area contributed by atoms with E-state index in [2.05, 4.69) is 52.6 Å². The number of aryl methyl sites for hydroxylation is 1. The molecule has 1 aliphatic carbocycles. The molecule has 1 aromatic carbocycles. The van der Waals surface area contributed by atoms with E-state index in [0.29, 0.717) is 0 Å². The lowest BCUT2D eigenvalue weighted by atomic mass is 10.1. The summed E-state index contributed by atoms with van der Waals surface area (Å²) in [5.74, 6) is 0. The second kappa shape index (κ2) is 3.77. The van der Waals surface area contributed by atoms with Crippen LogP contribution in [0.2, 0.25) is 0 Å². The van der Waals surface area contributed by atoms with E-state index in [-0.39, 0.29) is 0 Å². The number of hydrogen-bond donors (Lipinski definition) is 0. The number of alkyl halides is 1. The van der Waals surface area contributed by atoms with Crippen molar-refractivity contribution in [1.29, 1.82) is 0 Å². The number of benzene rings is 1. The van der Waals surface area contributed by atoms with Crippen LogP contribution in [0.3, 0.4) is 0 Å². The van der Waals surface area contributed by atoms with Crippen LogP contribution in [0, 0.1) is 6.92 Å². The highest BCUT2D eigenvalue weighted by molar-refractivity contribution is 7.23. The van der Waals surface area contributed by atoms with Crippen LogP contribution in [0.25, 0.3) is 12.2 Å². The topological polar surface area (TPSA) is 0 Å². The Balaban J connectivity index is 2.81. The molecule has 1 aromatic rings. The number of rotatable bonds is 0. The molecule has 0 fully saturated rings. The van der Waals surface area contributed by atoms with Gasteiger partial charge in [0.2, 0.25) is 0 Å². The zero-order valence-electron chi connectivity index (χ0n) is 8.92. The summed E-state index contributed by atoms with van der Waals surface area (Å²) >= 11 is 6.39. The minimum atomic E-state index is -0.396. The molecule has 0 saturated heterocycles. The molecule has 0 bridgehead atoms. The molecule has 2 atom stereocenters. The summed E-state index contributed by atoms with van der Waals surface area (Å²) in [6.45, 7) is 4.10. The summed E-state index contributed by atoms with van der Waals surface area (Å²) in [5, 5.41) is 3.57. The minimum Gasteiger partial charge on any atom is -0.110 e. The largest absolute Gasteiger partial charge is 0.110 e. The SMILES string of the molecule is Cc1ccc2c(c1)=CC(C)(Cl)C=C(P)C=2. The second-order valence-corrected chi connectivity index (χ2v) is 5.70. The van der Waals surface area contributed by atoms with Crippen LogP contribution in [-0.4, -0.2) is 4.87 Å². The predicted molar refractivity (Wildman–Crippen MR) is 71.4 cm³/mol. The molecule has 0 heterocycles. The quantitative estimate of drug-likeness (QED) is 0.479. The third-order valence-electron chi connectivity index (χ3n) is 2.45. The van der Waals surface area contributed by atoms with Gasteiger partial charge >= 0.3 is 0 Å². The van der Waals surface area contributed by atoms with E-state index in [1.165, 1.54) is 16.0 Å². The second-order valence-electron chi connectivity index (χ2n) is 4.22. The summed E-state index contributed by atoms with van der Waals surface area (Å²) in [7, 11) is 2.72. The molecule has 0 aliphatic heterocycles. The van der Waals surface area contributed by atoms with Gasteiger partial charge in [0.1, 0.15) is 0 Å². The van der Waals surface area contributed by atoms with Crippen LogP contribution < -0.4 is 10.4 Å². The van der Waals surface area contributed by atoms with Crippen LogP contribution in [-0.2, 0) is 0 Å². The predicted octanol–water partition coefficient (Wildman–Crippen LogP) is 2.33. The fourth-order valence-corrected chi connectivity index (χ4v) is 2.72. The highest BCUT2D eigenvalue weighted by atomic mass is 35.5. The average Bonchev–Trinajstić information content (AvgIpc) is 2.17. The Kier molecular flexibility index (Phi) is 2.75. The number of halogens is 1. The smallest absolute Gasteiger partial charge is 0.0795 e. The normalized spacial score (nSPS) is 24.4. The van der Waals surface area contributed by atoms with Gasteiger partial charge in [-0.25, -0.2) is 0 Å². The Bertz CT molecular complexity index is 538. The van der Waals surface area contributed by atoms with E-state index >= 15 is 0 Å². The molecule has 78 valence electrons. The van der Waals surface area contributed by atoms with Gasteiger partial charge in [0.25, 0.3) is 0 Å². The lowest BCUT2D eigenvalue weighted by molar-refractivity contribution is 1.05. The molecule has 0 radical (unpaired) electrons. The third kappa shape index (κ3) is 2.51. The van der Waals surface area contributed by atoms with Crippen molar-refractivity contribution in [3.8, 4) is 0 Å². The molecule has 15 heavy (non-hydrogen) atoms. The van der Waals surface area contributed by atoms with Crippen molar-refractivity contribution in [1.82, 2.24) is 0 Å². The maximum Gasteiger partial charge on any atom is 0.0795 e. The summed E-state index contributed by atoms with van der Waals surface area (Å²) in [6, 6.07) is 6.43. The molecular formula is C13H14ClP. The first-order valence-corrected chi connectivity index (χ1v) is 5.90. The Hall–Kier alpha value is -0.580. The van der Waals surface area contributed by atoms with Gasteiger partial charge in [0.15, 0.2) is 0 Å². The molecule has 2 unspecified atom stereocenters. The van der Waals surface area contributed by atoms with Crippen LogP contribution >= 0.6 is 20.8 Å². The van der Waals surface area contributed by atoms with Gasteiger partial charge in [0.05, 0.1) is 4.87 Å². The summed E-state index contributed by atoms with van der Waals surface area (Å²) in [4.78, 5) is -0.396. The van der Waals surface area contributed by atoms with Crippen molar-refractivity contribution >= 4 is 33.0 Å². The van der Waals surface area contributed by atoms with Crippen LogP contribution in [0.5, 0.6) is 0 Å². The summed E-state index contributed by atoms with van der Waals surface area (Å²) in [6.07, 6.45) is 6.29. The van der Waals surface area contributed by atoms with E-state index < -0.39 is 4.87 Å². The third-order valence-corrected chi connectivity index (χ3v) is 3.00. The molecule has 0 aromatic heterocycles. The Labute approximate surface area is 97.5 Å². The van der Waals surface area contributed by atoms with Crippen LogP contribution in [0.4, 0.5) is 0 Å². The van der Waals surface area contributed by atoms with Crippen molar-refractivity contribution in [2.45, 2.75) is 18.7 Å².